The number of ether oxygens (including phenoxy) is 2. The van der Waals surface area contributed by atoms with Gasteiger partial charge in [0.2, 0.25) is 0 Å². The largest absolute Gasteiger partial charge is 0.493 e. The summed E-state index contributed by atoms with van der Waals surface area (Å²) in [5.41, 5.74) is 2.38. The first-order valence-electron chi connectivity index (χ1n) is 7.97. The Morgan fingerprint density at radius 1 is 1.15 bits per heavy atom. The van der Waals surface area contributed by atoms with E-state index < -0.39 is 5.82 Å². The Labute approximate surface area is 155 Å². The van der Waals surface area contributed by atoms with Crippen molar-refractivity contribution in [3.63, 3.8) is 0 Å². The topological polar surface area (TPSA) is 47.6 Å². The van der Waals surface area contributed by atoms with Crippen LogP contribution in [0.15, 0.2) is 53.9 Å². The first-order chi connectivity index (χ1) is 12.5. The summed E-state index contributed by atoms with van der Waals surface area (Å²) in [6.45, 7) is 2.30. The Bertz CT molecular complexity index is 923. The van der Waals surface area contributed by atoms with Crippen LogP contribution < -0.4 is 14.8 Å². The summed E-state index contributed by atoms with van der Waals surface area (Å²) < 4.78 is 24.3. The minimum atomic E-state index is -0.393. The van der Waals surface area contributed by atoms with E-state index in [-0.39, 0.29) is 5.91 Å². The Morgan fingerprint density at radius 2 is 2.00 bits per heavy atom. The maximum atomic E-state index is 13.2. The zero-order chi connectivity index (χ0) is 18.5. The van der Waals surface area contributed by atoms with E-state index in [9.17, 15) is 9.18 Å². The minimum absolute atomic E-state index is 0.278. The normalized spacial score (nSPS) is 10.4. The van der Waals surface area contributed by atoms with Crippen LogP contribution in [0.2, 0.25) is 0 Å². The van der Waals surface area contributed by atoms with Crippen molar-refractivity contribution in [2.75, 3.05) is 12.4 Å². The van der Waals surface area contributed by atoms with Gasteiger partial charge in [0.25, 0.3) is 5.91 Å². The molecule has 0 aliphatic carbocycles. The lowest BCUT2D eigenvalue weighted by atomic mass is 10.2. The third-order valence-corrected chi connectivity index (χ3v) is 4.65. The number of carbonyl (C=O) groups is 1. The Hall–Kier alpha value is -2.86. The minimum Gasteiger partial charge on any atom is -0.493 e. The van der Waals surface area contributed by atoms with E-state index in [1.54, 1.807) is 25.3 Å². The van der Waals surface area contributed by atoms with Gasteiger partial charge in [0.05, 0.1) is 12.0 Å². The van der Waals surface area contributed by atoms with Gasteiger partial charge in [-0.2, -0.15) is 0 Å². The molecule has 0 bridgehead atoms. The summed E-state index contributed by atoms with van der Waals surface area (Å²) in [6, 6.07) is 13.3. The number of hydrogen-bond acceptors (Lipinski definition) is 4. The van der Waals surface area contributed by atoms with Crippen LogP contribution in [0, 0.1) is 12.7 Å². The molecule has 6 heteroatoms. The second kappa shape index (κ2) is 8.01. The van der Waals surface area contributed by atoms with Crippen LogP contribution in [0.25, 0.3) is 0 Å². The van der Waals surface area contributed by atoms with Gasteiger partial charge >= 0.3 is 0 Å². The highest BCUT2D eigenvalue weighted by atomic mass is 32.1. The number of anilines is 1. The maximum Gasteiger partial charge on any atom is 0.265 e. The summed E-state index contributed by atoms with van der Waals surface area (Å²) in [6.07, 6.45) is 0. The third kappa shape index (κ3) is 4.40. The summed E-state index contributed by atoms with van der Waals surface area (Å²) in [7, 11) is 1.60. The zero-order valence-electron chi connectivity index (χ0n) is 14.4. The van der Waals surface area contributed by atoms with E-state index in [2.05, 4.69) is 5.32 Å². The molecule has 0 radical (unpaired) electrons. The van der Waals surface area contributed by atoms with Crippen molar-refractivity contribution in [1.29, 1.82) is 0 Å². The van der Waals surface area contributed by atoms with E-state index in [1.807, 2.05) is 30.5 Å². The number of amides is 1. The average Bonchev–Trinajstić information content (AvgIpc) is 3.09. The summed E-state index contributed by atoms with van der Waals surface area (Å²) in [5, 5.41) is 4.54. The highest BCUT2D eigenvalue weighted by Gasteiger charge is 2.11. The van der Waals surface area contributed by atoms with Gasteiger partial charge in [-0.05, 0) is 54.3 Å². The number of thiophene rings is 1. The van der Waals surface area contributed by atoms with Crippen molar-refractivity contribution in [2.45, 2.75) is 13.5 Å². The quantitative estimate of drug-likeness (QED) is 0.661. The molecule has 3 rings (SSSR count). The molecule has 0 spiro atoms. The Kier molecular flexibility index (Phi) is 5.53. The fraction of sp³-hybridized carbons (Fsp3) is 0.150. The van der Waals surface area contributed by atoms with Gasteiger partial charge < -0.3 is 14.8 Å². The molecule has 1 aromatic heterocycles. The molecule has 26 heavy (non-hydrogen) atoms. The SMILES string of the molecule is COc1cc(C)ccc1OCc1csc(C(=O)Nc2cccc(F)c2)c1. The number of aryl methyl sites for hydroxylation is 1. The number of nitrogens with one attached hydrogen (secondary N) is 1. The molecule has 0 aliphatic heterocycles. The molecule has 1 heterocycles. The molecule has 3 aromatic rings. The molecular formula is C20H18FNO3S. The molecule has 134 valence electrons. The van der Waals surface area contributed by atoms with Gasteiger partial charge in [0.1, 0.15) is 12.4 Å². The molecule has 0 aliphatic rings. The van der Waals surface area contributed by atoms with Crippen LogP contribution in [0.5, 0.6) is 11.5 Å². The Balaban J connectivity index is 1.63. The monoisotopic (exact) mass is 371 g/mol. The van der Waals surface area contributed by atoms with E-state index >= 15 is 0 Å². The fourth-order valence-electron chi connectivity index (χ4n) is 2.38. The van der Waals surface area contributed by atoms with Gasteiger partial charge in [0, 0.05) is 11.3 Å². The van der Waals surface area contributed by atoms with E-state index in [1.165, 1.54) is 23.5 Å². The standard InChI is InChI=1S/C20H18FNO3S/c1-13-6-7-17(18(8-13)24-2)25-11-14-9-19(26-12-14)20(23)22-16-5-3-4-15(21)10-16/h3-10,12H,11H2,1-2H3,(H,22,23). The number of carbonyl (C=O) groups excluding carboxylic acids is 1. The fourth-order valence-corrected chi connectivity index (χ4v) is 3.18. The molecule has 1 N–H and O–H groups in total. The van der Waals surface area contributed by atoms with Crippen molar-refractivity contribution in [3.05, 3.63) is 75.7 Å². The van der Waals surface area contributed by atoms with Crippen LogP contribution >= 0.6 is 11.3 Å². The zero-order valence-corrected chi connectivity index (χ0v) is 15.2. The maximum absolute atomic E-state index is 13.2. The number of halogens is 1. The van der Waals surface area contributed by atoms with Crippen molar-refractivity contribution < 1.29 is 18.7 Å². The molecule has 0 fully saturated rings. The molecule has 0 unspecified atom stereocenters. The number of benzene rings is 2. The van der Waals surface area contributed by atoms with Crippen LogP contribution in [0.1, 0.15) is 20.8 Å². The van der Waals surface area contributed by atoms with Crippen LogP contribution in [0.4, 0.5) is 10.1 Å². The number of hydrogen-bond donors (Lipinski definition) is 1. The molecular weight excluding hydrogens is 353 g/mol. The van der Waals surface area contributed by atoms with E-state index in [0.29, 0.717) is 28.7 Å². The van der Waals surface area contributed by atoms with Crippen molar-refractivity contribution in [1.82, 2.24) is 0 Å². The van der Waals surface area contributed by atoms with E-state index in [0.717, 1.165) is 11.1 Å². The van der Waals surface area contributed by atoms with Gasteiger partial charge in [-0.1, -0.05) is 12.1 Å². The smallest absolute Gasteiger partial charge is 0.265 e. The first kappa shape index (κ1) is 17.9. The average molecular weight is 371 g/mol. The van der Waals surface area contributed by atoms with Gasteiger partial charge in [0.15, 0.2) is 11.5 Å². The van der Waals surface area contributed by atoms with Crippen molar-refractivity contribution in [2.24, 2.45) is 0 Å². The lowest BCUT2D eigenvalue weighted by molar-refractivity contribution is 0.103. The summed E-state index contributed by atoms with van der Waals surface area (Å²) in [5.74, 6) is 0.647. The highest BCUT2D eigenvalue weighted by molar-refractivity contribution is 7.12. The second-order valence-corrected chi connectivity index (χ2v) is 6.64. The molecule has 4 nitrogen and oxygen atoms in total. The lowest BCUT2D eigenvalue weighted by Gasteiger charge is -2.10. The lowest BCUT2D eigenvalue weighted by Crippen LogP contribution is -2.10. The molecule has 0 saturated carbocycles. The predicted molar refractivity (Wildman–Crippen MR) is 101 cm³/mol. The van der Waals surface area contributed by atoms with Crippen LogP contribution in [-0.4, -0.2) is 13.0 Å². The second-order valence-electron chi connectivity index (χ2n) is 5.73. The summed E-state index contributed by atoms with van der Waals surface area (Å²) in [4.78, 5) is 12.8. The Morgan fingerprint density at radius 3 is 2.77 bits per heavy atom. The van der Waals surface area contributed by atoms with Gasteiger partial charge in [-0.3, -0.25) is 4.79 Å². The summed E-state index contributed by atoms with van der Waals surface area (Å²) >= 11 is 1.31. The van der Waals surface area contributed by atoms with Gasteiger partial charge in [-0.25, -0.2) is 4.39 Å². The van der Waals surface area contributed by atoms with Crippen molar-refractivity contribution in [3.8, 4) is 11.5 Å². The molecule has 0 atom stereocenters. The number of methoxy groups -OCH3 is 1. The number of rotatable bonds is 6. The molecule has 0 saturated heterocycles. The molecule has 1 amide bonds. The highest BCUT2D eigenvalue weighted by Crippen LogP contribution is 2.29. The van der Waals surface area contributed by atoms with E-state index in [4.69, 9.17) is 9.47 Å². The molecule has 2 aromatic carbocycles. The predicted octanol–water partition coefficient (Wildman–Crippen LogP) is 5.04. The van der Waals surface area contributed by atoms with Gasteiger partial charge in [-0.15, -0.1) is 11.3 Å². The third-order valence-electron chi connectivity index (χ3n) is 3.67. The van der Waals surface area contributed by atoms with Crippen molar-refractivity contribution >= 4 is 22.9 Å². The first-order valence-corrected chi connectivity index (χ1v) is 8.85. The van der Waals surface area contributed by atoms with Crippen LogP contribution in [0.3, 0.4) is 0 Å². The van der Waals surface area contributed by atoms with Crippen LogP contribution in [-0.2, 0) is 6.61 Å².